The Balaban J connectivity index is 1.70. The number of hydrogen-bond acceptors (Lipinski definition) is 5. The summed E-state index contributed by atoms with van der Waals surface area (Å²) in [5, 5.41) is 0. The second kappa shape index (κ2) is 5.91. The highest BCUT2D eigenvalue weighted by atomic mass is 16.5. The van der Waals surface area contributed by atoms with E-state index >= 15 is 0 Å². The van der Waals surface area contributed by atoms with Gasteiger partial charge in [-0.05, 0) is 24.3 Å². The lowest BCUT2D eigenvalue weighted by atomic mass is 10.2. The van der Waals surface area contributed by atoms with Gasteiger partial charge in [-0.1, -0.05) is 18.2 Å². The predicted octanol–water partition coefficient (Wildman–Crippen LogP) is 2.00. The highest BCUT2D eigenvalue weighted by Gasteiger charge is 2.20. The van der Waals surface area contributed by atoms with E-state index in [0.29, 0.717) is 5.82 Å². The molecule has 1 aromatic carbocycles. The van der Waals surface area contributed by atoms with Gasteiger partial charge in [-0.3, -0.25) is 0 Å². The van der Waals surface area contributed by atoms with Crippen molar-refractivity contribution in [1.82, 2.24) is 4.98 Å². The summed E-state index contributed by atoms with van der Waals surface area (Å²) in [6.45, 7) is 3.73. The molecule has 1 aliphatic rings. The Morgan fingerprint density at radius 3 is 2.38 bits per heavy atom. The van der Waals surface area contributed by atoms with Crippen LogP contribution in [0.5, 0.6) is 5.75 Å². The number of nitrogens with zero attached hydrogens (tertiary/aromatic N) is 3. The number of ether oxygens (including phenoxy) is 1. The Bertz CT molecular complexity index is 609. The third kappa shape index (κ3) is 2.86. The van der Waals surface area contributed by atoms with Crippen LogP contribution in [0.4, 0.5) is 17.3 Å². The normalized spacial score (nSPS) is 15.1. The van der Waals surface area contributed by atoms with Crippen LogP contribution < -0.4 is 20.3 Å². The van der Waals surface area contributed by atoms with Crippen molar-refractivity contribution in [2.45, 2.75) is 0 Å². The first-order chi connectivity index (χ1) is 10.3. The number of pyridine rings is 1. The van der Waals surface area contributed by atoms with E-state index in [2.05, 4.69) is 20.9 Å². The first-order valence-electron chi connectivity index (χ1n) is 7.13. The monoisotopic (exact) mass is 284 g/mol. The minimum Gasteiger partial charge on any atom is -0.495 e. The Labute approximate surface area is 125 Å². The van der Waals surface area contributed by atoms with Crippen molar-refractivity contribution in [3.63, 3.8) is 0 Å². The van der Waals surface area contributed by atoms with Gasteiger partial charge in [0, 0.05) is 26.2 Å². The van der Waals surface area contributed by atoms with Crippen molar-refractivity contribution in [2.75, 3.05) is 48.8 Å². The number of hydrogen-bond donors (Lipinski definition) is 1. The number of para-hydroxylation sites is 2. The van der Waals surface area contributed by atoms with Gasteiger partial charge in [-0.2, -0.15) is 0 Å². The molecule has 0 spiro atoms. The van der Waals surface area contributed by atoms with Gasteiger partial charge in [0.1, 0.15) is 17.4 Å². The SMILES string of the molecule is COc1ccccc1N1CCN(c2cccc(N)n2)CC1. The quantitative estimate of drug-likeness (QED) is 0.934. The van der Waals surface area contributed by atoms with E-state index in [4.69, 9.17) is 10.5 Å². The summed E-state index contributed by atoms with van der Waals surface area (Å²) in [6, 6.07) is 13.9. The molecule has 2 heterocycles. The molecular weight excluding hydrogens is 264 g/mol. The summed E-state index contributed by atoms with van der Waals surface area (Å²) in [5.74, 6) is 2.45. The van der Waals surface area contributed by atoms with Crippen LogP contribution in [0.1, 0.15) is 0 Å². The molecule has 3 rings (SSSR count). The molecule has 0 aliphatic carbocycles. The largest absolute Gasteiger partial charge is 0.495 e. The summed E-state index contributed by atoms with van der Waals surface area (Å²) in [6.07, 6.45) is 0. The lowest BCUT2D eigenvalue weighted by Gasteiger charge is -2.37. The minimum absolute atomic E-state index is 0.569. The molecule has 0 radical (unpaired) electrons. The van der Waals surface area contributed by atoms with Crippen LogP contribution in [0.15, 0.2) is 42.5 Å². The predicted molar refractivity (Wildman–Crippen MR) is 86.1 cm³/mol. The number of rotatable bonds is 3. The number of aromatic nitrogens is 1. The van der Waals surface area contributed by atoms with E-state index in [0.717, 1.165) is 43.4 Å². The van der Waals surface area contributed by atoms with Crippen molar-refractivity contribution < 1.29 is 4.74 Å². The van der Waals surface area contributed by atoms with Gasteiger partial charge in [0.15, 0.2) is 0 Å². The van der Waals surface area contributed by atoms with Crippen LogP contribution in [-0.2, 0) is 0 Å². The zero-order valence-electron chi connectivity index (χ0n) is 12.2. The molecule has 0 atom stereocenters. The summed E-state index contributed by atoms with van der Waals surface area (Å²) < 4.78 is 5.44. The summed E-state index contributed by atoms with van der Waals surface area (Å²) in [7, 11) is 1.71. The average Bonchev–Trinajstić information content (AvgIpc) is 2.55. The topological polar surface area (TPSA) is 54.6 Å². The maximum atomic E-state index is 5.76. The Hall–Kier alpha value is -2.43. The molecule has 1 saturated heterocycles. The van der Waals surface area contributed by atoms with Crippen LogP contribution in [0.3, 0.4) is 0 Å². The van der Waals surface area contributed by atoms with Crippen LogP contribution >= 0.6 is 0 Å². The number of nitrogens with two attached hydrogens (primary N) is 1. The number of anilines is 3. The lowest BCUT2D eigenvalue weighted by Crippen LogP contribution is -2.47. The summed E-state index contributed by atoms with van der Waals surface area (Å²) >= 11 is 0. The standard InChI is InChI=1S/C16H20N4O/c1-21-14-6-3-2-5-13(14)19-9-11-20(12-10-19)16-8-4-7-15(17)18-16/h2-8H,9-12H2,1H3,(H2,17,18). The highest BCUT2D eigenvalue weighted by Crippen LogP contribution is 2.28. The van der Waals surface area contributed by atoms with E-state index < -0.39 is 0 Å². The highest BCUT2D eigenvalue weighted by molar-refractivity contribution is 5.59. The van der Waals surface area contributed by atoms with Crippen molar-refractivity contribution in [1.29, 1.82) is 0 Å². The molecule has 1 fully saturated rings. The van der Waals surface area contributed by atoms with E-state index in [9.17, 15) is 0 Å². The summed E-state index contributed by atoms with van der Waals surface area (Å²) in [4.78, 5) is 9.00. The molecule has 110 valence electrons. The fraction of sp³-hybridized carbons (Fsp3) is 0.312. The van der Waals surface area contributed by atoms with Crippen molar-refractivity contribution in [3.8, 4) is 5.75 Å². The molecule has 2 N–H and O–H groups in total. The molecule has 0 amide bonds. The van der Waals surface area contributed by atoms with Crippen molar-refractivity contribution in [3.05, 3.63) is 42.5 Å². The number of benzene rings is 1. The Kier molecular flexibility index (Phi) is 3.81. The molecular formula is C16H20N4O. The fourth-order valence-electron chi connectivity index (χ4n) is 2.68. The maximum Gasteiger partial charge on any atom is 0.142 e. The molecule has 21 heavy (non-hydrogen) atoms. The van der Waals surface area contributed by atoms with Gasteiger partial charge >= 0.3 is 0 Å². The molecule has 0 saturated carbocycles. The van der Waals surface area contributed by atoms with Gasteiger partial charge in [0.25, 0.3) is 0 Å². The number of nitrogen functional groups attached to an aromatic ring is 1. The fourth-order valence-corrected chi connectivity index (χ4v) is 2.68. The van der Waals surface area contributed by atoms with E-state index in [1.165, 1.54) is 0 Å². The van der Waals surface area contributed by atoms with Crippen LogP contribution in [-0.4, -0.2) is 38.3 Å². The zero-order chi connectivity index (χ0) is 14.7. The molecule has 5 heteroatoms. The van der Waals surface area contributed by atoms with E-state index in [-0.39, 0.29) is 0 Å². The minimum atomic E-state index is 0.569. The average molecular weight is 284 g/mol. The third-order valence-electron chi connectivity index (χ3n) is 3.79. The van der Waals surface area contributed by atoms with Gasteiger partial charge in [0.05, 0.1) is 12.8 Å². The smallest absolute Gasteiger partial charge is 0.142 e. The molecule has 0 bridgehead atoms. The second-order valence-corrected chi connectivity index (χ2v) is 5.07. The molecule has 2 aromatic rings. The first-order valence-corrected chi connectivity index (χ1v) is 7.13. The lowest BCUT2D eigenvalue weighted by molar-refractivity contribution is 0.413. The number of piperazine rings is 1. The summed E-state index contributed by atoms with van der Waals surface area (Å²) in [5.41, 5.74) is 6.91. The maximum absolute atomic E-state index is 5.76. The van der Waals surface area contributed by atoms with Gasteiger partial charge in [-0.25, -0.2) is 4.98 Å². The molecule has 5 nitrogen and oxygen atoms in total. The third-order valence-corrected chi connectivity index (χ3v) is 3.79. The second-order valence-electron chi connectivity index (χ2n) is 5.07. The Morgan fingerprint density at radius 1 is 0.952 bits per heavy atom. The van der Waals surface area contributed by atoms with Gasteiger partial charge in [-0.15, -0.1) is 0 Å². The Morgan fingerprint density at radius 2 is 1.67 bits per heavy atom. The first kappa shape index (κ1) is 13.5. The van der Waals surface area contributed by atoms with Gasteiger partial charge < -0.3 is 20.3 Å². The van der Waals surface area contributed by atoms with E-state index in [1.807, 2.05) is 36.4 Å². The van der Waals surface area contributed by atoms with Crippen molar-refractivity contribution in [2.24, 2.45) is 0 Å². The molecule has 1 aliphatic heterocycles. The van der Waals surface area contributed by atoms with Crippen LogP contribution in [0.2, 0.25) is 0 Å². The van der Waals surface area contributed by atoms with Crippen LogP contribution in [0, 0.1) is 0 Å². The molecule has 1 aromatic heterocycles. The van der Waals surface area contributed by atoms with Crippen molar-refractivity contribution >= 4 is 17.3 Å². The van der Waals surface area contributed by atoms with E-state index in [1.54, 1.807) is 7.11 Å². The number of methoxy groups -OCH3 is 1. The van der Waals surface area contributed by atoms with Crippen LogP contribution in [0.25, 0.3) is 0 Å². The zero-order valence-corrected chi connectivity index (χ0v) is 12.2. The molecule has 0 unspecified atom stereocenters. The van der Waals surface area contributed by atoms with Gasteiger partial charge in [0.2, 0.25) is 0 Å².